The van der Waals surface area contributed by atoms with E-state index < -0.39 is 5.97 Å². The van der Waals surface area contributed by atoms with Crippen LogP contribution in [0.15, 0.2) is 36.5 Å². The Morgan fingerprint density at radius 2 is 2.05 bits per heavy atom. The Morgan fingerprint density at radius 1 is 1.30 bits per heavy atom. The zero-order chi connectivity index (χ0) is 14.3. The van der Waals surface area contributed by atoms with E-state index in [1.165, 1.54) is 6.07 Å². The molecule has 20 heavy (non-hydrogen) atoms. The van der Waals surface area contributed by atoms with Gasteiger partial charge in [-0.1, -0.05) is 18.2 Å². The van der Waals surface area contributed by atoms with Crippen LogP contribution in [0.2, 0.25) is 0 Å². The first-order valence-corrected chi connectivity index (χ1v) is 5.98. The van der Waals surface area contributed by atoms with Gasteiger partial charge >= 0.3 is 5.97 Å². The predicted octanol–water partition coefficient (Wildman–Crippen LogP) is 1.92. The fourth-order valence-electron chi connectivity index (χ4n) is 2.26. The number of anilines is 1. The fourth-order valence-corrected chi connectivity index (χ4v) is 2.26. The van der Waals surface area contributed by atoms with E-state index in [-0.39, 0.29) is 11.6 Å². The van der Waals surface area contributed by atoms with Gasteiger partial charge in [-0.05, 0) is 12.1 Å². The van der Waals surface area contributed by atoms with E-state index >= 15 is 0 Å². The highest BCUT2D eigenvalue weighted by molar-refractivity contribution is 5.96. The van der Waals surface area contributed by atoms with Gasteiger partial charge in [0, 0.05) is 29.7 Å². The second-order valence-electron chi connectivity index (χ2n) is 4.47. The number of nitrogen functional groups attached to an aromatic ring is 1. The largest absolute Gasteiger partial charge is 0.477 e. The molecule has 0 saturated carbocycles. The molecule has 0 spiro atoms. The minimum Gasteiger partial charge on any atom is -0.477 e. The SMILES string of the molecule is Cn1cc(-c2cc(C(=O)O)nc(N)n2)c2ccccc21. The van der Waals surface area contributed by atoms with Crippen LogP contribution in [0.25, 0.3) is 22.2 Å². The number of carbonyl (C=O) groups is 1. The summed E-state index contributed by atoms with van der Waals surface area (Å²) in [7, 11) is 1.93. The number of nitrogens with two attached hydrogens (primary N) is 1. The minimum atomic E-state index is -1.12. The van der Waals surface area contributed by atoms with Crippen LogP contribution >= 0.6 is 0 Å². The lowest BCUT2D eigenvalue weighted by Gasteiger charge is -2.02. The summed E-state index contributed by atoms with van der Waals surface area (Å²) in [6.45, 7) is 0. The second-order valence-corrected chi connectivity index (χ2v) is 4.47. The first-order valence-electron chi connectivity index (χ1n) is 5.98. The maximum Gasteiger partial charge on any atom is 0.354 e. The standard InChI is InChI=1S/C14H12N4O2/c1-18-7-9(8-4-2-3-5-12(8)18)10-6-11(13(19)20)17-14(15)16-10/h2-7H,1H3,(H,19,20)(H2,15,16,17). The fraction of sp³-hybridized carbons (Fsp3) is 0.0714. The van der Waals surface area contributed by atoms with Crippen LogP contribution in [0.1, 0.15) is 10.5 Å². The number of fused-ring (bicyclic) bond motifs is 1. The van der Waals surface area contributed by atoms with E-state index in [0.29, 0.717) is 5.69 Å². The number of aromatic carboxylic acids is 1. The van der Waals surface area contributed by atoms with Crippen LogP contribution in [0.4, 0.5) is 5.95 Å². The van der Waals surface area contributed by atoms with Crippen molar-refractivity contribution in [1.29, 1.82) is 0 Å². The molecule has 0 fully saturated rings. The third-order valence-electron chi connectivity index (χ3n) is 3.14. The van der Waals surface area contributed by atoms with Crippen LogP contribution in [0.5, 0.6) is 0 Å². The number of benzene rings is 1. The summed E-state index contributed by atoms with van der Waals surface area (Å²) >= 11 is 0. The highest BCUT2D eigenvalue weighted by atomic mass is 16.4. The maximum absolute atomic E-state index is 11.1. The van der Waals surface area contributed by atoms with E-state index in [4.69, 9.17) is 10.8 Å². The highest BCUT2D eigenvalue weighted by Crippen LogP contribution is 2.29. The molecule has 0 aliphatic heterocycles. The highest BCUT2D eigenvalue weighted by Gasteiger charge is 2.14. The third kappa shape index (κ3) is 1.87. The number of hydrogen-bond donors (Lipinski definition) is 2. The average Bonchev–Trinajstić information content (AvgIpc) is 2.76. The monoisotopic (exact) mass is 268 g/mol. The summed E-state index contributed by atoms with van der Waals surface area (Å²) in [4.78, 5) is 18.9. The van der Waals surface area contributed by atoms with Crippen molar-refractivity contribution in [3.05, 3.63) is 42.2 Å². The topological polar surface area (TPSA) is 94.0 Å². The van der Waals surface area contributed by atoms with E-state index in [2.05, 4.69) is 9.97 Å². The van der Waals surface area contributed by atoms with Gasteiger partial charge in [-0.25, -0.2) is 14.8 Å². The number of aryl methyl sites for hydroxylation is 1. The van der Waals surface area contributed by atoms with Gasteiger partial charge in [-0.2, -0.15) is 0 Å². The lowest BCUT2D eigenvalue weighted by atomic mass is 10.1. The molecular weight excluding hydrogens is 256 g/mol. The summed E-state index contributed by atoms with van der Waals surface area (Å²) < 4.78 is 1.96. The summed E-state index contributed by atoms with van der Waals surface area (Å²) in [5.41, 5.74) is 7.86. The first kappa shape index (κ1) is 12.2. The Balaban J connectivity index is 2.28. The van der Waals surface area contributed by atoms with Gasteiger partial charge in [-0.3, -0.25) is 0 Å². The predicted molar refractivity (Wildman–Crippen MR) is 75.3 cm³/mol. The summed E-state index contributed by atoms with van der Waals surface area (Å²) in [5.74, 6) is -1.17. The van der Waals surface area contributed by atoms with Gasteiger partial charge in [0.25, 0.3) is 0 Å². The normalized spacial score (nSPS) is 10.8. The van der Waals surface area contributed by atoms with Crippen molar-refractivity contribution >= 4 is 22.8 Å². The van der Waals surface area contributed by atoms with Crippen LogP contribution in [-0.4, -0.2) is 25.6 Å². The number of rotatable bonds is 2. The number of carboxylic acid groups (broad SMARTS) is 1. The second kappa shape index (κ2) is 4.34. The molecule has 0 aliphatic carbocycles. The smallest absolute Gasteiger partial charge is 0.354 e. The molecular formula is C14H12N4O2. The first-order chi connectivity index (χ1) is 9.56. The molecule has 6 heteroatoms. The Kier molecular flexibility index (Phi) is 2.64. The number of aromatic nitrogens is 3. The van der Waals surface area contributed by atoms with Gasteiger partial charge in [0.1, 0.15) is 0 Å². The molecule has 0 amide bonds. The average molecular weight is 268 g/mol. The molecule has 0 bridgehead atoms. The molecule has 2 heterocycles. The third-order valence-corrected chi connectivity index (χ3v) is 3.14. The number of hydrogen-bond acceptors (Lipinski definition) is 4. The van der Waals surface area contributed by atoms with Crippen molar-refractivity contribution in [2.45, 2.75) is 0 Å². The number of carboxylic acids is 1. The molecule has 0 aliphatic rings. The molecule has 0 saturated heterocycles. The van der Waals surface area contributed by atoms with Gasteiger partial charge in [0.15, 0.2) is 5.69 Å². The molecule has 3 aromatic rings. The molecule has 3 N–H and O–H groups in total. The molecule has 0 atom stereocenters. The van der Waals surface area contributed by atoms with Crippen LogP contribution in [-0.2, 0) is 7.05 Å². The van der Waals surface area contributed by atoms with Gasteiger partial charge in [-0.15, -0.1) is 0 Å². The Hall–Kier alpha value is -2.89. The van der Waals surface area contributed by atoms with Crippen molar-refractivity contribution < 1.29 is 9.90 Å². The van der Waals surface area contributed by atoms with E-state index in [1.54, 1.807) is 0 Å². The quantitative estimate of drug-likeness (QED) is 0.740. The lowest BCUT2D eigenvalue weighted by Crippen LogP contribution is -2.05. The Bertz CT molecular complexity index is 823. The van der Waals surface area contributed by atoms with Crippen LogP contribution in [0.3, 0.4) is 0 Å². The van der Waals surface area contributed by atoms with Crippen molar-refractivity contribution in [2.24, 2.45) is 7.05 Å². The van der Waals surface area contributed by atoms with Crippen molar-refractivity contribution in [2.75, 3.05) is 5.73 Å². The van der Waals surface area contributed by atoms with Crippen molar-refractivity contribution in [1.82, 2.24) is 14.5 Å². The summed E-state index contributed by atoms with van der Waals surface area (Å²) in [6, 6.07) is 9.25. The molecule has 2 aromatic heterocycles. The Morgan fingerprint density at radius 3 is 2.80 bits per heavy atom. The number of nitrogens with zero attached hydrogens (tertiary/aromatic N) is 3. The van der Waals surface area contributed by atoms with E-state index in [0.717, 1.165) is 16.5 Å². The van der Waals surface area contributed by atoms with Crippen LogP contribution in [0, 0.1) is 0 Å². The molecule has 3 rings (SSSR count). The van der Waals surface area contributed by atoms with Gasteiger partial charge in [0.05, 0.1) is 5.69 Å². The molecule has 0 radical (unpaired) electrons. The molecule has 1 aromatic carbocycles. The van der Waals surface area contributed by atoms with Crippen molar-refractivity contribution in [3.8, 4) is 11.3 Å². The van der Waals surface area contributed by atoms with Crippen LogP contribution < -0.4 is 5.73 Å². The van der Waals surface area contributed by atoms with E-state index in [1.807, 2.05) is 42.1 Å². The summed E-state index contributed by atoms with van der Waals surface area (Å²) in [6.07, 6.45) is 1.90. The van der Waals surface area contributed by atoms with Crippen molar-refractivity contribution in [3.63, 3.8) is 0 Å². The van der Waals surface area contributed by atoms with Gasteiger partial charge in [0.2, 0.25) is 5.95 Å². The molecule has 100 valence electrons. The van der Waals surface area contributed by atoms with E-state index in [9.17, 15) is 4.79 Å². The zero-order valence-electron chi connectivity index (χ0n) is 10.7. The summed E-state index contributed by atoms with van der Waals surface area (Å²) in [5, 5.41) is 10.0. The number of para-hydroxylation sites is 1. The Labute approximate surface area is 114 Å². The minimum absolute atomic E-state index is 0.0483. The maximum atomic E-state index is 11.1. The molecule has 0 unspecified atom stereocenters. The van der Waals surface area contributed by atoms with Gasteiger partial charge < -0.3 is 15.4 Å². The zero-order valence-corrected chi connectivity index (χ0v) is 10.7. The molecule has 6 nitrogen and oxygen atoms in total. The lowest BCUT2D eigenvalue weighted by molar-refractivity contribution is 0.0690.